The summed E-state index contributed by atoms with van der Waals surface area (Å²) in [5.74, 6) is 0.000871. The van der Waals surface area contributed by atoms with Gasteiger partial charge in [-0.25, -0.2) is 0 Å². The Bertz CT molecular complexity index is 461. The van der Waals surface area contributed by atoms with E-state index in [-0.39, 0.29) is 23.6 Å². The van der Waals surface area contributed by atoms with Crippen LogP contribution in [-0.4, -0.2) is 30.3 Å². The monoisotopic (exact) mass is 234 g/mol. The third kappa shape index (κ3) is 1.82. The first-order valence-corrected chi connectivity index (χ1v) is 5.72. The lowest BCUT2D eigenvalue weighted by molar-refractivity contribution is -0.124. The minimum atomic E-state index is -0.168. The molecule has 1 aromatic rings. The summed E-state index contributed by atoms with van der Waals surface area (Å²) in [7, 11) is 0. The number of nitrogens with one attached hydrogen (secondary N) is 2. The summed E-state index contributed by atoms with van der Waals surface area (Å²) >= 11 is 0. The molecule has 1 amide bonds. The van der Waals surface area contributed by atoms with Gasteiger partial charge in [-0.05, 0) is 18.6 Å². The predicted molar refractivity (Wildman–Crippen MR) is 63.1 cm³/mol. The summed E-state index contributed by atoms with van der Waals surface area (Å²) in [6, 6.07) is 4.97. The van der Waals surface area contributed by atoms with Crippen molar-refractivity contribution in [3.05, 3.63) is 18.2 Å². The number of rotatable bonds is 0. The average molecular weight is 234 g/mol. The van der Waals surface area contributed by atoms with Crippen LogP contribution in [0.25, 0.3) is 0 Å². The summed E-state index contributed by atoms with van der Waals surface area (Å²) in [4.78, 5) is 12.0. The SMILES string of the molecule is O=C1Nc2ccc(O)cc2NC2CCOCC12. The molecule has 0 radical (unpaired) electrons. The van der Waals surface area contributed by atoms with E-state index in [2.05, 4.69) is 10.6 Å². The van der Waals surface area contributed by atoms with E-state index in [0.29, 0.717) is 18.9 Å². The van der Waals surface area contributed by atoms with Gasteiger partial charge in [-0.15, -0.1) is 0 Å². The van der Waals surface area contributed by atoms with Crippen molar-refractivity contribution in [2.75, 3.05) is 23.8 Å². The highest BCUT2D eigenvalue weighted by atomic mass is 16.5. The highest BCUT2D eigenvalue weighted by Crippen LogP contribution is 2.33. The maximum atomic E-state index is 12.0. The molecule has 0 saturated carbocycles. The van der Waals surface area contributed by atoms with Crippen LogP contribution < -0.4 is 10.6 Å². The van der Waals surface area contributed by atoms with E-state index < -0.39 is 0 Å². The van der Waals surface area contributed by atoms with E-state index in [1.807, 2.05) is 0 Å². The number of hydrogen-bond acceptors (Lipinski definition) is 4. The van der Waals surface area contributed by atoms with Crippen LogP contribution in [0.5, 0.6) is 5.75 Å². The lowest BCUT2D eigenvalue weighted by Crippen LogP contribution is -2.42. The minimum absolute atomic E-state index is 0.0216. The number of phenols is 1. The Morgan fingerprint density at radius 3 is 3.12 bits per heavy atom. The molecule has 90 valence electrons. The minimum Gasteiger partial charge on any atom is -0.508 e. The lowest BCUT2D eigenvalue weighted by Gasteiger charge is -2.29. The molecule has 5 nitrogen and oxygen atoms in total. The number of phenolic OH excluding ortho intramolecular Hbond substituents is 1. The number of ether oxygens (including phenoxy) is 1. The van der Waals surface area contributed by atoms with E-state index in [1.165, 1.54) is 0 Å². The van der Waals surface area contributed by atoms with Gasteiger partial charge in [0.25, 0.3) is 0 Å². The zero-order valence-corrected chi connectivity index (χ0v) is 9.27. The quantitative estimate of drug-likeness (QED) is 0.589. The predicted octanol–water partition coefficient (Wildman–Crippen LogP) is 1.16. The zero-order valence-electron chi connectivity index (χ0n) is 9.27. The summed E-state index contributed by atoms with van der Waals surface area (Å²) in [6.07, 6.45) is 0.799. The molecule has 17 heavy (non-hydrogen) atoms. The second-order valence-corrected chi connectivity index (χ2v) is 4.44. The van der Waals surface area contributed by atoms with Crippen LogP contribution in [0.4, 0.5) is 11.4 Å². The van der Waals surface area contributed by atoms with Gasteiger partial charge in [0.1, 0.15) is 5.75 Å². The molecule has 0 aliphatic carbocycles. The number of aromatic hydroxyl groups is 1. The molecular weight excluding hydrogens is 220 g/mol. The van der Waals surface area contributed by atoms with E-state index in [1.54, 1.807) is 18.2 Å². The topological polar surface area (TPSA) is 70.6 Å². The molecule has 2 atom stereocenters. The molecule has 3 N–H and O–H groups in total. The van der Waals surface area contributed by atoms with Crippen molar-refractivity contribution in [3.63, 3.8) is 0 Å². The second-order valence-electron chi connectivity index (χ2n) is 4.44. The number of carbonyl (C=O) groups excluding carboxylic acids is 1. The van der Waals surface area contributed by atoms with E-state index in [0.717, 1.165) is 12.1 Å². The smallest absolute Gasteiger partial charge is 0.231 e. The van der Waals surface area contributed by atoms with Crippen molar-refractivity contribution in [1.82, 2.24) is 0 Å². The Balaban J connectivity index is 1.98. The molecule has 2 heterocycles. The highest BCUT2D eigenvalue weighted by Gasteiger charge is 2.34. The van der Waals surface area contributed by atoms with Gasteiger partial charge >= 0.3 is 0 Å². The first kappa shape index (κ1) is 10.4. The van der Waals surface area contributed by atoms with Gasteiger partial charge in [-0.3, -0.25) is 4.79 Å². The summed E-state index contributed by atoms with van der Waals surface area (Å²) in [5, 5.41) is 15.6. The van der Waals surface area contributed by atoms with Gasteiger partial charge in [-0.2, -0.15) is 0 Å². The molecule has 2 aliphatic heterocycles. The van der Waals surface area contributed by atoms with Crippen molar-refractivity contribution in [1.29, 1.82) is 0 Å². The van der Waals surface area contributed by atoms with Crippen LogP contribution in [0.2, 0.25) is 0 Å². The van der Waals surface area contributed by atoms with Crippen molar-refractivity contribution in [2.24, 2.45) is 5.92 Å². The van der Waals surface area contributed by atoms with Crippen LogP contribution >= 0.6 is 0 Å². The fraction of sp³-hybridized carbons (Fsp3) is 0.417. The van der Waals surface area contributed by atoms with Crippen molar-refractivity contribution in [3.8, 4) is 5.75 Å². The third-order valence-electron chi connectivity index (χ3n) is 3.29. The van der Waals surface area contributed by atoms with Gasteiger partial charge < -0.3 is 20.5 Å². The number of hydrogen-bond donors (Lipinski definition) is 3. The molecule has 0 bridgehead atoms. The molecule has 1 aromatic carbocycles. The van der Waals surface area contributed by atoms with E-state index in [4.69, 9.17) is 4.74 Å². The van der Waals surface area contributed by atoms with E-state index in [9.17, 15) is 9.90 Å². The fourth-order valence-electron chi connectivity index (χ4n) is 2.35. The lowest BCUT2D eigenvalue weighted by atomic mass is 9.95. The molecule has 2 unspecified atom stereocenters. The van der Waals surface area contributed by atoms with Gasteiger partial charge in [0.05, 0.1) is 23.9 Å². The fourth-order valence-corrected chi connectivity index (χ4v) is 2.35. The van der Waals surface area contributed by atoms with Crippen LogP contribution in [0.1, 0.15) is 6.42 Å². The number of carbonyl (C=O) groups is 1. The number of amides is 1. The molecule has 2 aliphatic rings. The van der Waals surface area contributed by atoms with Crippen LogP contribution in [0, 0.1) is 5.92 Å². The molecule has 1 fully saturated rings. The van der Waals surface area contributed by atoms with Crippen LogP contribution in [0.15, 0.2) is 18.2 Å². The highest BCUT2D eigenvalue weighted by molar-refractivity contribution is 5.98. The number of anilines is 2. The average Bonchev–Trinajstić information content (AvgIpc) is 2.46. The first-order valence-electron chi connectivity index (χ1n) is 5.72. The molecular formula is C12H14N2O3. The van der Waals surface area contributed by atoms with Gasteiger partial charge in [-0.1, -0.05) is 0 Å². The Labute approximate surface area is 98.8 Å². The Hall–Kier alpha value is -1.75. The summed E-state index contributed by atoms with van der Waals surface area (Å²) < 4.78 is 5.34. The van der Waals surface area contributed by atoms with Crippen LogP contribution in [0.3, 0.4) is 0 Å². The maximum absolute atomic E-state index is 12.0. The Morgan fingerprint density at radius 2 is 2.24 bits per heavy atom. The third-order valence-corrected chi connectivity index (χ3v) is 3.29. The number of benzene rings is 1. The largest absolute Gasteiger partial charge is 0.508 e. The maximum Gasteiger partial charge on any atom is 0.231 e. The zero-order chi connectivity index (χ0) is 11.8. The first-order chi connectivity index (χ1) is 8.24. The number of fused-ring (bicyclic) bond motifs is 2. The van der Waals surface area contributed by atoms with Gasteiger partial charge in [0.2, 0.25) is 5.91 Å². The summed E-state index contributed by atoms with van der Waals surface area (Å²) in [5.41, 5.74) is 1.48. The van der Waals surface area contributed by atoms with Gasteiger partial charge in [0, 0.05) is 18.7 Å². The molecule has 3 rings (SSSR count). The van der Waals surface area contributed by atoms with Crippen molar-refractivity contribution < 1.29 is 14.6 Å². The Kier molecular flexibility index (Phi) is 2.40. The Morgan fingerprint density at radius 1 is 1.35 bits per heavy atom. The molecule has 0 spiro atoms. The standard InChI is InChI=1S/C12H14N2O3/c15-7-1-2-10-11(5-7)13-9-3-4-17-6-8(9)12(16)14-10/h1-2,5,8-9,13,15H,3-4,6H2,(H,14,16). The van der Waals surface area contributed by atoms with Crippen LogP contribution in [-0.2, 0) is 9.53 Å². The molecule has 5 heteroatoms. The second kappa shape index (κ2) is 3.92. The van der Waals surface area contributed by atoms with Gasteiger partial charge in [0.15, 0.2) is 0 Å². The van der Waals surface area contributed by atoms with Crippen molar-refractivity contribution >= 4 is 17.3 Å². The molecule has 1 saturated heterocycles. The normalized spacial score (nSPS) is 27.2. The van der Waals surface area contributed by atoms with E-state index >= 15 is 0 Å². The summed E-state index contributed by atoms with van der Waals surface area (Å²) in [6.45, 7) is 1.11. The van der Waals surface area contributed by atoms with Crippen molar-refractivity contribution in [2.45, 2.75) is 12.5 Å². The molecule has 0 aromatic heterocycles.